The number of halogens is 1. The molecule has 0 heterocycles. The molecule has 2 N–H and O–H groups in total. The number of carboxylic acid groups (broad SMARTS) is 1. The van der Waals surface area contributed by atoms with Crippen molar-refractivity contribution in [3.63, 3.8) is 0 Å². The van der Waals surface area contributed by atoms with Gasteiger partial charge in [-0.05, 0) is 12.0 Å². The van der Waals surface area contributed by atoms with Gasteiger partial charge in [0.1, 0.15) is 11.5 Å². The molecule has 1 rings (SSSR count). The molecule has 0 aliphatic carbocycles. The first-order chi connectivity index (χ1) is 8.32. The van der Waals surface area contributed by atoms with Crippen molar-refractivity contribution in [2.75, 3.05) is 11.9 Å². The summed E-state index contributed by atoms with van der Waals surface area (Å²) in [5, 5.41) is 22.3. The second kappa shape index (κ2) is 5.44. The van der Waals surface area contributed by atoms with E-state index in [1.807, 2.05) is 13.8 Å². The van der Waals surface area contributed by atoms with Gasteiger partial charge in [0.2, 0.25) is 0 Å². The highest BCUT2D eigenvalue weighted by molar-refractivity contribution is 5.90. The van der Waals surface area contributed by atoms with Gasteiger partial charge in [-0.15, -0.1) is 0 Å². The molecule has 98 valence electrons. The van der Waals surface area contributed by atoms with E-state index in [2.05, 4.69) is 5.32 Å². The Bertz CT molecular complexity index is 488. The number of nitro benzene ring substituents is 1. The molecule has 0 saturated carbocycles. The zero-order valence-electron chi connectivity index (χ0n) is 9.94. The smallest absolute Gasteiger partial charge is 0.338 e. The van der Waals surface area contributed by atoms with Crippen LogP contribution in [0, 0.1) is 21.8 Å². The Morgan fingerprint density at radius 2 is 2.17 bits per heavy atom. The van der Waals surface area contributed by atoms with E-state index in [0.29, 0.717) is 12.6 Å². The molecule has 0 radical (unpaired) electrons. The van der Waals surface area contributed by atoms with Gasteiger partial charge in [0.05, 0.1) is 16.6 Å². The molecule has 7 heteroatoms. The SMILES string of the molecule is CC(C)CNc1cc(C(=O)O)c(F)cc1[N+](=O)[O-]. The van der Waals surface area contributed by atoms with Crippen molar-refractivity contribution >= 4 is 17.3 Å². The number of nitro groups is 1. The van der Waals surface area contributed by atoms with Crippen LogP contribution in [0.2, 0.25) is 0 Å². The Balaban J connectivity index is 3.22. The predicted octanol–water partition coefficient (Wildman–Crippen LogP) is 2.50. The normalized spacial score (nSPS) is 10.4. The number of anilines is 1. The lowest BCUT2D eigenvalue weighted by molar-refractivity contribution is -0.384. The summed E-state index contributed by atoms with van der Waals surface area (Å²) in [4.78, 5) is 20.8. The molecular formula is C11H13FN2O4. The predicted molar refractivity (Wildman–Crippen MR) is 63.3 cm³/mol. The molecular weight excluding hydrogens is 243 g/mol. The van der Waals surface area contributed by atoms with Gasteiger partial charge in [-0.25, -0.2) is 9.18 Å². The highest BCUT2D eigenvalue weighted by Crippen LogP contribution is 2.28. The number of carbonyl (C=O) groups is 1. The van der Waals surface area contributed by atoms with Crippen LogP contribution in [0.25, 0.3) is 0 Å². The van der Waals surface area contributed by atoms with Crippen molar-refractivity contribution in [2.24, 2.45) is 5.92 Å². The third-order valence-electron chi connectivity index (χ3n) is 2.21. The second-order valence-corrected chi connectivity index (χ2v) is 4.19. The molecule has 6 nitrogen and oxygen atoms in total. The van der Waals surface area contributed by atoms with Gasteiger partial charge >= 0.3 is 5.97 Å². The van der Waals surface area contributed by atoms with E-state index in [1.165, 1.54) is 0 Å². The number of rotatable bonds is 5. The minimum absolute atomic E-state index is 0.00694. The molecule has 0 aliphatic heterocycles. The first-order valence-corrected chi connectivity index (χ1v) is 5.28. The zero-order chi connectivity index (χ0) is 13.9. The number of carboxylic acids is 1. The van der Waals surface area contributed by atoms with Crippen molar-refractivity contribution in [1.29, 1.82) is 0 Å². The maximum atomic E-state index is 13.3. The first kappa shape index (κ1) is 13.9. The number of nitrogens with zero attached hydrogens (tertiary/aromatic N) is 1. The monoisotopic (exact) mass is 256 g/mol. The minimum atomic E-state index is -1.46. The fourth-order valence-corrected chi connectivity index (χ4v) is 1.33. The standard InChI is InChI=1S/C11H13FN2O4/c1-6(2)5-13-9-3-7(11(15)16)8(12)4-10(9)14(17)18/h3-4,6,13H,5H2,1-2H3,(H,15,16). The van der Waals surface area contributed by atoms with Crippen LogP contribution in [0.1, 0.15) is 24.2 Å². The molecule has 0 fully saturated rings. The number of aromatic carboxylic acids is 1. The van der Waals surface area contributed by atoms with E-state index >= 15 is 0 Å². The molecule has 0 aromatic heterocycles. The van der Waals surface area contributed by atoms with Gasteiger partial charge in [0.15, 0.2) is 0 Å². The van der Waals surface area contributed by atoms with Crippen LogP contribution < -0.4 is 5.32 Å². The number of benzene rings is 1. The zero-order valence-corrected chi connectivity index (χ0v) is 9.94. The minimum Gasteiger partial charge on any atom is -0.478 e. The van der Waals surface area contributed by atoms with Gasteiger partial charge in [0, 0.05) is 6.54 Å². The van der Waals surface area contributed by atoms with Gasteiger partial charge in [0.25, 0.3) is 5.69 Å². The molecule has 0 atom stereocenters. The Labute approximate surface area is 103 Å². The molecule has 0 spiro atoms. The van der Waals surface area contributed by atoms with Crippen LogP contribution in [0.4, 0.5) is 15.8 Å². The van der Waals surface area contributed by atoms with Gasteiger partial charge < -0.3 is 10.4 Å². The summed E-state index contributed by atoms with van der Waals surface area (Å²) in [7, 11) is 0. The fourth-order valence-electron chi connectivity index (χ4n) is 1.33. The summed E-state index contributed by atoms with van der Waals surface area (Å²) < 4.78 is 13.3. The lowest BCUT2D eigenvalue weighted by Gasteiger charge is -2.10. The van der Waals surface area contributed by atoms with Crippen LogP contribution in [0.15, 0.2) is 12.1 Å². The van der Waals surface area contributed by atoms with Gasteiger partial charge in [-0.2, -0.15) is 0 Å². The maximum absolute atomic E-state index is 13.3. The number of hydrogen-bond donors (Lipinski definition) is 2. The summed E-state index contributed by atoms with van der Waals surface area (Å²) >= 11 is 0. The van der Waals surface area contributed by atoms with Crippen LogP contribution >= 0.6 is 0 Å². The van der Waals surface area contributed by atoms with Crippen LogP contribution in [0.5, 0.6) is 0 Å². The van der Waals surface area contributed by atoms with Crippen LogP contribution in [0.3, 0.4) is 0 Å². The van der Waals surface area contributed by atoms with Crippen LogP contribution in [-0.2, 0) is 0 Å². The largest absolute Gasteiger partial charge is 0.478 e. The molecule has 0 aliphatic rings. The summed E-state index contributed by atoms with van der Waals surface area (Å²) in [6.07, 6.45) is 0. The van der Waals surface area contributed by atoms with E-state index in [0.717, 1.165) is 6.07 Å². The fraction of sp³-hybridized carbons (Fsp3) is 0.364. The Morgan fingerprint density at radius 1 is 1.56 bits per heavy atom. The number of nitrogens with one attached hydrogen (secondary N) is 1. The Morgan fingerprint density at radius 3 is 2.61 bits per heavy atom. The van der Waals surface area contributed by atoms with E-state index in [9.17, 15) is 19.3 Å². The summed E-state index contributed by atoms with van der Waals surface area (Å²) in [5.74, 6) is -2.37. The van der Waals surface area contributed by atoms with Crippen molar-refractivity contribution in [3.8, 4) is 0 Å². The van der Waals surface area contributed by atoms with E-state index < -0.39 is 28.0 Å². The first-order valence-electron chi connectivity index (χ1n) is 5.28. The molecule has 0 saturated heterocycles. The average Bonchev–Trinajstić information content (AvgIpc) is 2.26. The summed E-state index contributed by atoms with van der Waals surface area (Å²) in [6, 6.07) is 1.56. The molecule has 1 aromatic carbocycles. The van der Waals surface area contributed by atoms with Crippen molar-refractivity contribution in [2.45, 2.75) is 13.8 Å². The van der Waals surface area contributed by atoms with E-state index in [4.69, 9.17) is 5.11 Å². The highest BCUT2D eigenvalue weighted by Gasteiger charge is 2.21. The second-order valence-electron chi connectivity index (χ2n) is 4.19. The summed E-state index contributed by atoms with van der Waals surface area (Å²) in [5.41, 5.74) is -1.06. The summed E-state index contributed by atoms with van der Waals surface area (Å²) in [6.45, 7) is 4.20. The molecule has 18 heavy (non-hydrogen) atoms. The van der Waals surface area contributed by atoms with Gasteiger partial charge in [-0.1, -0.05) is 13.8 Å². The third kappa shape index (κ3) is 3.16. The molecule has 0 unspecified atom stereocenters. The highest BCUT2D eigenvalue weighted by atomic mass is 19.1. The molecule has 0 bridgehead atoms. The van der Waals surface area contributed by atoms with Crippen molar-refractivity contribution in [3.05, 3.63) is 33.6 Å². The average molecular weight is 256 g/mol. The third-order valence-corrected chi connectivity index (χ3v) is 2.21. The lowest BCUT2D eigenvalue weighted by Crippen LogP contribution is -2.11. The van der Waals surface area contributed by atoms with E-state index in [1.54, 1.807) is 0 Å². The van der Waals surface area contributed by atoms with Crippen molar-refractivity contribution < 1.29 is 19.2 Å². The number of hydrogen-bond acceptors (Lipinski definition) is 4. The van der Waals surface area contributed by atoms with Gasteiger partial charge in [-0.3, -0.25) is 10.1 Å². The Hall–Kier alpha value is -2.18. The van der Waals surface area contributed by atoms with Crippen LogP contribution in [-0.4, -0.2) is 22.5 Å². The van der Waals surface area contributed by atoms with Crippen molar-refractivity contribution in [1.82, 2.24) is 0 Å². The molecule has 0 amide bonds. The molecule has 1 aromatic rings. The Kier molecular flexibility index (Phi) is 4.19. The lowest BCUT2D eigenvalue weighted by atomic mass is 10.1. The quantitative estimate of drug-likeness (QED) is 0.623. The topological polar surface area (TPSA) is 92.5 Å². The maximum Gasteiger partial charge on any atom is 0.338 e. The van der Waals surface area contributed by atoms with E-state index in [-0.39, 0.29) is 11.6 Å².